The summed E-state index contributed by atoms with van der Waals surface area (Å²) in [5.41, 5.74) is 1.23. The molecule has 0 saturated heterocycles. The van der Waals surface area contributed by atoms with Gasteiger partial charge in [0.25, 0.3) is 0 Å². The first-order valence-corrected chi connectivity index (χ1v) is 5.81. The standard InChI is InChI=1S/C13H17FN2O/c1-4-13(2,3)16-11-9-7-8(14)5-6-10(9)15-12(11)17/h5-7,11,16H,4H2,1-3H3,(H,15,17). The van der Waals surface area contributed by atoms with Crippen LogP contribution in [-0.2, 0) is 4.79 Å². The summed E-state index contributed by atoms with van der Waals surface area (Å²) in [6.07, 6.45) is 0.890. The van der Waals surface area contributed by atoms with Gasteiger partial charge in [0.05, 0.1) is 0 Å². The number of benzene rings is 1. The lowest BCUT2D eigenvalue weighted by Crippen LogP contribution is -2.43. The number of carbonyl (C=O) groups is 1. The largest absolute Gasteiger partial charge is 0.324 e. The molecule has 0 bridgehead atoms. The van der Waals surface area contributed by atoms with Gasteiger partial charge < -0.3 is 5.32 Å². The van der Waals surface area contributed by atoms with Crippen molar-refractivity contribution in [2.24, 2.45) is 0 Å². The number of rotatable bonds is 3. The molecule has 0 aromatic heterocycles. The highest BCUT2D eigenvalue weighted by Gasteiger charge is 2.34. The van der Waals surface area contributed by atoms with Gasteiger partial charge in [-0.1, -0.05) is 6.92 Å². The molecular weight excluding hydrogens is 219 g/mol. The van der Waals surface area contributed by atoms with Crippen molar-refractivity contribution < 1.29 is 9.18 Å². The average Bonchev–Trinajstić information content (AvgIpc) is 2.56. The van der Waals surface area contributed by atoms with Crippen LogP contribution in [0.2, 0.25) is 0 Å². The van der Waals surface area contributed by atoms with E-state index in [1.165, 1.54) is 12.1 Å². The lowest BCUT2D eigenvalue weighted by atomic mass is 9.98. The lowest BCUT2D eigenvalue weighted by Gasteiger charge is -2.28. The van der Waals surface area contributed by atoms with Crippen molar-refractivity contribution in [3.8, 4) is 0 Å². The molecule has 17 heavy (non-hydrogen) atoms. The van der Waals surface area contributed by atoms with Crippen LogP contribution in [-0.4, -0.2) is 11.4 Å². The predicted molar refractivity (Wildman–Crippen MR) is 65.3 cm³/mol. The third-order valence-corrected chi connectivity index (χ3v) is 3.26. The Morgan fingerprint density at radius 2 is 2.18 bits per heavy atom. The smallest absolute Gasteiger partial charge is 0.246 e. The summed E-state index contributed by atoms with van der Waals surface area (Å²) in [6.45, 7) is 6.10. The van der Waals surface area contributed by atoms with Crippen LogP contribution in [0.4, 0.5) is 10.1 Å². The summed E-state index contributed by atoms with van der Waals surface area (Å²) in [6, 6.07) is 3.90. The van der Waals surface area contributed by atoms with Crippen LogP contribution in [0.5, 0.6) is 0 Å². The van der Waals surface area contributed by atoms with E-state index in [2.05, 4.69) is 10.6 Å². The number of nitrogens with one attached hydrogen (secondary N) is 2. The van der Waals surface area contributed by atoms with Crippen molar-refractivity contribution in [1.29, 1.82) is 0 Å². The summed E-state index contributed by atoms with van der Waals surface area (Å²) in [5, 5.41) is 6.01. The van der Waals surface area contributed by atoms with Crippen molar-refractivity contribution in [3.63, 3.8) is 0 Å². The quantitative estimate of drug-likeness (QED) is 0.847. The topological polar surface area (TPSA) is 41.1 Å². The van der Waals surface area contributed by atoms with Crippen molar-refractivity contribution in [2.45, 2.75) is 38.8 Å². The van der Waals surface area contributed by atoms with Gasteiger partial charge in [0.2, 0.25) is 5.91 Å². The van der Waals surface area contributed by atoms with Gasteiger partial charge in [-0.2, -0.15) is 0 Å². The Labute approximate surface area is 100 Å². The van der Waals surface area contributed by atoms with Crippen molar-refractivity contribution in [2.75, 3.05) is 5.32 Å². The Balaban J connectivity index is 2.31. The molecule has 0 saturated carbocycles. The van der Waals surface area contributed by atoms with Crippen LogP contribution < -0.4 is 10.6 Å². The second-order valence-electron chi connectivity index (χ2n) is 5.04. The Morgan fingerprint density at radius 3 is 2.82 bits per heavy atom. The first-order chi connectivity index (χ1) is 7.93. The molecule has 0 fully saturated rings. The number of hydrogen-bond donors (Lipinski definition) is 2. The minimum Gasteiger partial charge on any atom is -0.324 e. The van der Waals surface area contributed by atoms with E-state index in [1.807, 2.05) is 20.8 Å². The normalized spacial score (nSPS) is 19.1. The Bertz CT molecular complexity index is 457. The van der Waals surface area contributed by atoms with Gasteiger partial charge in [0.1, 0.15) is 11.9 Å². The molecule has 3 nitrogen and oxygen atoms in total. The van der Waals surface area contributed by atoms with E-state index in [0.29, 0.717) is 11.3 Å². The van der Waals surface area contributed by atoms with Gasteiger partial charge in [-0.3, -0.25) is 10.1 Å². The minimum atomic E-state index is -0.462. The third kappa shape index (κ3) is 2.31. The van der Waals surface area contributed by atoms with E-state index >= 15 is 0 Å². The van der Waals surface area contributed by atoms with Gasteiger partial charge in [0, 0.05) is 16.8 Å². The van der Waals surface area contributed by atoms with E-state index in [9.17, 15) is 9.18 Å². The summed E-state index contributed by atoms with van der Waals surface area (Å²) >= 11 is 0. The SMILES string of the molecule is CCC(C)(C)NC1C(=O)Nc2ccc(F)cc21. The van der Waals surface area contributed by atoms with Crippen LogP contribution in [0, 0.1) is 5.82 Å². The highest BCUT2D eigenvalue weighted by Crippen LogP contribution is 2.32. The molecule has 2 rings (SSSR count). The molecule has 1 heterocycles. The molecular formula is C13H17FN2O. The van der Waals surface area contributed by atoms with E-state index in [1.54, 1.807) is 6.07 Å². The van der Waals surface area contributed by atoms with Gasteiger partial charge in [-0.25, -0.2) is 4.39 Å². The second-order valence-corrected chi connectivity index (χ2v) is 5.04. The number of carbonyl (C=O) groups excluding carboxylic acids is 1. The van der Waals surface area contributed by atoms with Crippen LogP contribution in [0.1, 0.15) is 38.8 Å². The van der Waals surface area contributed by atoms with E-state index in [-0.39, 0.29) is 17.3 Å². The molecule has 2 N–H and O–H groups in total. The maximum atomic E-state index is 13.2. The zero-order chi connectivity index (χ0) is 12.6. The highest BCUT2D eigenvalue weighted by molar-refractivity contribution is 6.02. The Morgan fingerprint density at radius 1 is 1.47 bits per heavy atom. The summed E-state index contributed by atoms with van der Waals surface area (Å²) in [7, 11) is 0. The molecule has 1 aliphatic rings. The van der Waals surface area contributed by atoms with Crippen molar-refractivity contribution in [1.82, 2.24) is 5.32 Å². The van der Waals surface area contributed by atoms with E-state index < -0.39 is 6.04 Å². The maximum Gasteiger partial charge on any atom is 0.246 e. The fourth-order valence-corrected chi connectivity index (χ4v) is 1.87. The molecule has 1 aromatic rings. The van der Waals surface area contributed by atoms with E-state index in [4.69, 9.17) is 0 Å². The number of hydrogen-bond acceptors (Lipinski definition) is 2. The molecule has 1 atom stereocenters. The molecule has 1 aromatic carbocycles. The number of halogens is 1. The van der Waals surface area contributed by atoms with Crippen molar-refractivity contribution in [3.05, 3.63) is 29.6 Å². The lowest BCUT2D eigenvalue weighted by molar-refractivity contribution is -0.118. The molecule has 1 amide bonds. The zero-order valence-electron chi connectivity index (χ0n) is 10.3. The van der Waals surface area contributed by atoms with Crippen LogP contribution in [0.25, 0.3) is 0 Å². The van der Waals surface area contributed by atoms with Gasteiger partial charge in [-0.05, 0) is 38.5 Å². The third-order valence-electron chi connectivity index (χ3n) is 3.26. The fourth-order valence-electron chi connectivity index (χ4n) is 1.87. The second kappa shape index (κ2) is 4.11. The monoisotopic (exact) mass is 236 g/mol. The number of fused-ring (bicyclic) bond motifs is 1. The molecule has 0 radical (unpaired) electrons. The molecule has 4 heteroatoms. The van der Waals surface area contributed by atoms with Crippen LogP contribution >= 0.6 is 0 Å². The molecule has 1 unspecified atom stereocenters. The van der Waals surface area contributed by atoms with E-state index in [0.717, 1.165) is 6.42 Å². The number of anilines is 1. The first kappa shape index (κ1) is 12.0. The summed E-state index contributed by atoms with van der Waals surface area (Å²) < 4.78 is 13.2. The molecule has 1 aliphatic heterocycles. The molecule has 0 spiro atoms. The summed E-state index contributed by atoms with van der Waals surface area (Å²) in [5.74, 6) is -0.437. The average molecular weight is 236 g/mol. The predicted octanol–water partition coefficient (Wildman–Crippen LogP) is 2.60. The molecule has 92 valence electrons. The van der Waals surface area contributed by atoms with Crippen LogP contribution in [0.15, 0.2) is 18.2 Å². The van der Waals surface area contributed by atoms with Crippen LogP contribution in [0.3, 0.4) is 0 Å². The highest BCUT2D eigenvalue weighted by atomic mass is 19.1. The Kier molecular flexibility index (Phi) is 2.91. The van der Waals surface area contributed by atoms with Gasteiger partial charge >= 0.3 is 0 Å². The first-order valence-electron chi connectivity index (χ1n) is 5.81. The Hall–Kier alpha value is -1.42. The number of amides is 1. The van der Waals surface area contributed by atoms with Crippen molar-refractivity contribution >= 4 is 11.6 Å². The van der Waals surface area contributed by atoms with Gasteiger partial charge in [-0.15, -0.1) is 0 Å². The zero-order valence-corrected chi connectivity index (χ0v) is 10.3. The maximum absolute atomic E-state index is 13.2. The van der Waals surface area contributed by atoms with Gasteiger partial charge in [0.15, 0.2) is 0 Å². The minimum absolute atomic E-state index is 0.118. The summed E-state index contributed by atoms with van der Waals surface area (Å²) in [4.78, 5) is 11.8. The fraction of sp³-hybridized carbons (Fsp3) is 0.462. The molecule has 0 aliphatic carbocycles.